The molecule has 1 aliphatic rings. The fourth-order valence-corrected chi connectivity index (χ4v) is 3.90. The quantitative estimate of drug-likeness (QED) is 0.402. The van der Waals surface area contributed by atoms with Crippen molar-refractivity contribution in [1.29, 1.82) is 0 Å². The summed E-state index contributed by atoms with van der Waals surface area (Å²) >= 11 is 0. The highest BCUT2D eigenvalue weighted by molar-refractivity contribution is 6.04. The van der Waals surface area contributed by atoms with Crippen molar-refractivity contribution in [3.05, 3.63) is 77.9 Å². The van der Waals surface area contributed by atoms with Crippen LogP contribution in [0.4, 0.5) is 5.69 Å². The molecule has 0 atom stereocenters. The third kappa shape index (κ3) is 2.91. The smallest absolute Gasteiger partial charge is 0.176 e. The summed E-state index contributed by atoms with van der Waals surface area (Å²) in [5, 5.41) is 17.5. The van der Waals surface area contributed by atoms with Crippen LogP contribution in [0, 0.1) is 6.92 Å². The van der Waals surface area contributed by atoms with E-state index in [1.807, 2.05) is 43.5 Å². The summed E-state index contributed by atoms with van der Waals surface area (Å²) in [6.45, 7) is 1.95. The van der Waals surface area contributed by atoms with Crippen molar-refractivity contribution in [1.82, 2.24) is 19.7 Å². The van der Waals surface area contributed by atoms with Crippen molar-refractivity contribution >= 4 is 11.4 Å². The number of benzene rings is 1. The predicted octanol–water partition coefficient (Wildman–Crippen LogP) is 4.01. The summed E-state index contributed by atoms with van der Waals surface area (Å²) in [4.78, 5) is 8.57. The second-order valence-electron chi connectivity index (χ2n) is 7.36. The van der Waals surface area contributed by atoms with Crippen LogP contribution in [0.5, 0.6) is 0 Å². The molecule has 0 radical (unpaired) electrons. The second kappa shape index (κ2) is 7.11. The predicted molar refractivity (Wildman–Crippen MR) is 116 cm³/mol. The van der Waals surface area contributed by atoms with E-state index in [1.54, 1.807) is 23.3 Å². The Balaban J connectivity index is 1.70. The lowest BCUT2D eigenvalue weighted by molar-refractivity contribution is 0.318. The van der Waals surface area contributed by atoms with Gasteiger partial charge < -0.3 is 10.9 Å². The molecule has 0 spiro atoms. The highest BCUT2D eigenvalue weighted by Crippen LogP contribution is 2.35. The van der Waals surface area contributed by atoms with Crippen molar-refractivity contribution in [3.8, 4) is 28.2 Å². The molecule has 7 heteroatoms. The van der Waals surface area contributed by atoms with Gasteiger partial charge >= 0.3 is 0 Å². The minimum Gasteiger partial charge on any atom is -0.411 e. The summed E-state index contributed by atoms with van der Waals surface area (Å²) in [6, 6.07) is 12.0. The Morgan fingerprint density at radius 2 is 1.83 bits per heavy atom. The first-order valence-corrected chi connectivity index (χ1v) is 9.72. The maximum Gasteiger partial charge on any atom is 0.176 e. The number of anilines is 1. The topological polar surface area (TPSA) is 102 Å². The highest BCUT2D eigenvalue weighted by atomic mass is 16.4. The number of rotatable bonds is 3. The molecule has 0 fully saturated rings. The molecule has 0 unspecified atom stereocenters. The number of hydrogen-bond acceptors (Lipinski definition) is 6. The number of aromatic nitrogens is 4. The Morgan fingerprint density at radius 3 is 2.63 bits per heavy atom. The first kappa shape index (κ1) is 18.1. The van der Waals surface area contributed by atoms with Crippen molar-refractivity contribution in [3.63, 3.8) is 0 Å². The van der Waals surface area contributed by atoms with E-state index in [0.717, 1.165) is 52.1 Å². The zero-order chi connectivity index (χ0) is 20.7. The first-order chi connectivity index (χ1) is 14.7. The van der Waals surface area contributed by atoms with Gasteiger partial charge in [0.2, 0.25) is 0 Å². The van der Waals surface area contributed by atoms with Gasteiger partial charge in [-0.15, -0.1) is 0 Å². The van der Waals surface area contributed by atoms with Crippen LogP contribution in [-0.4, -0.2) is 30.7 Å². The Hall–Kier alpha value is -4.00. The highest BCUT2D eigenvalue weighted by Gasteiger charge is 2.21. The van der Waals surface area contributed by atoms with Crippen LogP contribution in [0.3, 0.4) is 0 Å². The van der Waals surface area contributed by atoms with E-state index in [0.29, 0.717) is 11.5 Å². The SMILES string of the molecule is Cc1ccnc(-n2cc(-c3ccc4c(c3)CCC4=NO)c(-c3ccncc3)n2)c1N. The summed E-state index contributed by atoms with van der Waals surface area (Å²) in [7, 11) is 0. The fourth-order valence-electron chi connectivity index (χ4n) is 3.90. The Morgan fingerprint density at radius 1 is 1.00 bits per heavy atom. The van der Waals surface area contributed by atoms with E-state index in [4.69, 9.17) is 10.8 Å². The summed E-state index contributed by atoms with van der Waals surface area (Å²) in [6.07, 6.45) is 8.81. The van der Waals surface area contributed by atoms with E-state index >= 15 is 0 Å². The molecule has 0 bridgehead atoms. The van der Waals surface area contributed by atoms with Gasteiger partial charge in [-0.25, -0.2) is 9.67 Å². The van der Waals surface area contributed by atoms with E-state index in [1.165, 1.54) is 5.56 Å². The zero-order valence-corrected chi connectivity index (χ0v) is 16.4. The molecule has 4 aromatic rings. The maximum absolute atomic E-state index is 9.22. The molecule has 3 aromatic heterocycles. The van der Waals surface area contributed by atoms with E-state index in [2.05, 4.69) is 21.2 Å². The van der Waals surface area contributed by atoms with Crippen LogP contribution in [0.2, 0.25) is 0 Å². The Bertz CT molecular complexity index is 1280. The molecule has 0 aliphatic heterocycles. The van der Waals surface area contributed by atoms with Gasteiger partial charge in [0.15, 0.2) is 5.82 Å². The molecule has 30 heavy (non-hydrogen) atoms. The average molecular weight is 396 g/mol. The minimum absolute atomic E-state index is 0.602. The molecule has 3 N–H and O–H groups in total. The first-order valence-electron chi connectivity index (χ1n) is 9.72. The summed E-state index contributed by atoms with van der Waals surface area (Å²) in [5.41, 5.74) is 14.6. The average Bonchev–Trinajstić information content (AvgIpc) is 3.40. The second-order valence-corrected chi connectivity index (χ2v) is 7.36. The number of nitrogens with zero attached hydrogens (tertiary/aromatic N) is 5. The minimum atomic E-state index is 0.602. The van der Waals surface area contributed by atoms with Crippen LogP contribution in [0.25, 0.3) is 28.2 Å². The van der Waals surface area contributed by atoms with Crippen LogP contribution in [0.15, 0.2) is 66.3 Å². The van der Waals surface area contributed by atoms with E-state index in [9.17, 15) is 5.21 Å². The van der Waals surface area contributed by atoms with Gasteiger partial charge in [0.1, 0.15) is 5.69 Å². The lowest BCUT2D eigenvalue weighted by atomic mass is 9.98. The van der Waals surface area contributed by atoms with Gasteiger partial charge in [0.05, 0.1) is 11.4 Å². The molecule has 0 saturated carbocycles. The van der Waals surface area contributed by atoms with E-state index in [-0.39, 0.29) is 0 Å². The molecule has 5 rings (SSSR count). The number of nitrogen functional groups attached to an aromatic ring is 1. The lowest BCUT2D eigenvalue weighted by Gasteiger charge is -2.06. The van der Waals surface area contributed by atoms with Crippen molar-refractivity contribution in [2.24, 2.45) is 5.16 Å². The van der Waals surface area contributed by atoms with Gasteiger partial charge in [-0.2, -0.15) is 5.10 Å². The van der Waals surface area contributed by atoms with Gasteiger partial charge in [0.25, 0.3) is 0 Å². The fraction of sp³-hybridized carbons (Fsp3) is 0.130. The molecular formula is C23H20N6O. The van der Waals surface area contributed by atoms with Crippen molar-refractivity contribution < 1.29 is 5.21 Å². The molecule has 3 heterocycles. The molecule has 148 valence electrons. The zero-order valence-electron chi connectivity index (χ0n) is 16.4. The van der Waals surface area contributed by atoms with Gasteiger partial charge in [-0.3, -0.25) is 4.98 Å². The number of pyridine rings is 2. The third-order valence-electron chi connectivity index (χ3n) is 5.55. The monoisotopic (exact) mass is 396 g/mol. The van der Waals surface area contributed by atoms with Gasteiger partial charge in [-0.05, 0) is 54.7 Å². The molecular weight excluding hydrogens is 376 g/mol. The van der Waals surface area contributed by atoms with Gasteiger partial charge in [0, 0.05) is 41.5 Å². The van der Waals surface area contributed by atoms with Crippen LogP contribution in [-0.2, 0) is 6.42 Å². The number of nitrogens with two attached hydrogens (primary N) is 1. The number of hydrogen-bond donors (Lipinski definition) is 2. The third-order valence-corrected chi connectivity index (χ3v) is 5.55. The molecule has 0 amide bonds. The van der Waals surface area contributed by atoms with Crippen LogP contribution >= 0.6 is 0 Å². The van der Waals surface area contributed by atoms with Crippen LogP contribution < -0.4 is 5.73 Å². The van der Waals surface area contributed by atoms with Crippen molar-refractivity contribution in [2.75, 3.05) is 5.73 Å². The largest absolute Gasteiger partial charge is 0.411 e. The number of aryl methyl sites for hydroxylation is 2. The lowest BCUT2D eigenvalue weighted by Crippen LogP contribution is -2.04. The standard InChI is InChI=1S/C23H20N6O/c1-14-6-11-26-23(21(14)24)29-13-19(22(27-29)15-7-9-25-10-8-15)17-2-4-18-16(12-17)3-5-20(18)28-30/h2,4,6-13,30H,3,5,24H2,1H3. The van der Waals surface area contributed by atoms with Gasteiger partial charge in [-0.1, -0.05) is 23.4 Å². The summed E-state index contributed by atoms with van der Waals surface area (Å²) in [5.74, 6) is 0.604. The molecule has 7 nitrogen and oxygen atoms in total. The van der Waals surface area contributed by atoms with Crippen molar-refractivity contribution in [2.45, 2.75) is 19.8 Å². The Labute approximate surface area is 173 Å². The maximum atomic E-state index is 9.22. The molecule has 1 aliphatic carbocycles. The number of fused-ring (bicyclic) bond motifs is 1. The van der Waals surface area contributed by atoms with Crippen LogP contribution in [0.1, 0.15) is 23.1 Å². The Kier molecular flexibility index (Phi) is 4.28. The molecule has 1 aromatic carbocycles. The number of oxime groups is 1. The van der Waals surface area contributed by atoms with E-state index < -0.39 is 0 Å². The normalized spacial score (nSPS) is 14.2. The molecule has 0 saturated heterocycles. The summed E-state index contributed by atoms with van der Waals surface area (Å²) < 4.78 is 1.74.